The predicted molar refractivity (Wildman–Crippen MR) is 145 cm³/mol. The van der Waals surface area contributed by atoms with Crippen molar-refractivity contribution in [1.82, 2.24) is 0 Å². The van der Waals surface area contributed by atoms with Crippen LogP contribution in [0.25, 0.3) is 0 Å². The maximum atomic E-state index is 14.4. The van der Waals surface area contributed by atoms with E-state index in [-0.39, 0.29) is 29.6 Å². The molecule has 4 heteroatoms. The van der Waals surface area contributed by atoms with E-state index in [1.807, 2.05) is 19.1 Å². The zero-order chi connectivity index (χ0) is 26.2. The van der Waals surface area contributed by atoms with Crippen molar-refractivity contribution in [2.75, 3.05) is 0 Å². The molecule has 0 N–H and O–H groups in total. The zero-order valence-electron chi connectivity index (χ0n) is 22.4. The third-order valence-corrected chi connectivity index (χ3v) is 8.85. The topological polar surface area (TPSA) is 26.3 Å². The van der Waals surface area contributed by atoms with Gasteiger partial charge in [0.25, 0.3) is 0 Å². The molecule has 0 unspecified atom stereocenters. The Balaban J connectivity index is 1.21. The first-order valence-electron chi connectivity index (χ1n) is 14.3. The van der Waals surface area contributed by atoms with E-state index in [9.17, 15) is 13.6 Å². The Bertz CT molecular complexity index is 1010. The van der Waals surface area contributed by atoms with Crippen LogP contribution in [-0.2, 0) is 11.2 Å². The summed E-state index contributed by atoms with van der Waals surface area (Å²) in [5, 5.41) is 0. The molecule has 0 radical (unpaired) electrons. The molecule has 2 fully saturated rings. The summed E-state index contributed by atoms with van der Waals surface area (Å²) in [6.07, 6.45) is 14.8. The molecule has 0 heterocycles. The highest BCUT2D eigenvalue weighted by molar-refractivity contribution is 5.75. The van der Waals surface area contributed by atoms with Crippen LogP contribution in [-0.4, -0.2) is 5.97 Å². The average Bonchev–Trinajstić information content (AvgIpc) is 2.91. The van der Waals surface area contributed by atoms with Gasteiger partial charge in [-0.2, -0.15) is 0 Å². The number of ether oxygens (including phenoxy) is 1. The zero-order valence-corrected chi connectivity index (χ0v) is 22.4. The predicted octanol–water partition coefficient (Wildman–Crippen LogP) is 9.19. The Morgan fingerprint density at radius 2 is 1.54 bits per heavy atom. The first kappa shape index (κ1) is 27.5. The van der Waals surface area contributed by atoms with Crippen LogP contribution >= 0.6 is 0 Å². The average molecular weight is 509 g/mol. The number of esters is 1. The number of allylic oxidation sites excluding steroid dienone is 2. The molecule has 2 aromatic carbocycles. The van der Waals surface area contributed by atoms with Crippen LogP contribution in [0.2, 0.25) is 0 Å². The number of hydrogen-bond donors (Lipinski definition) is 0. The van der Waals surface area contributed by atoms with Crippen molar-refractivity contribution in [3.05, 3.63) is 77.4 Å². The van der Waals surface area contributed by atoms with Gasteiger partial charge in [-0.3, -0.25) is 4.79 Å². The number of rotatable bonds is 9. The molecule has 2 saturated carbocycles. The molecule has 4 rings (SSSR count). The van der Waals surface area contributed by atoms with E-state index in [2.05, 4.69) is 37.3 Å². The van der Waals surface area contributed by atoms with Crippen LogP contribution in [0.1, 0.15) is 95.1 Å². The van der Waals surface area contributed by atoms with Gasteiger partial charge in [0.2, 0.25) is 0 Å². The Labute approximate surface area is 221 Å². The summed E-state index contributed by atoms with van der Waals surface area (Å²) in [6.45, 7) is 4.23. The summed E-state index contributed by atoms with van der Waals surface area (Å²) in [7, 11) is 0. The van der Waals surface area contributed by atoms with Crippen molar-refractivity contribution in [3.8, 4) is 5.75 Å². The minimum absolute atomic E-state index is 0.0278. The normalized spacial score (nSPS) is 25.2. The van der Waals surface area contributed by atoms with Gasteiger partial charge in [0, 0.05) is 17.7 Å². The van der Waals surface area contributed by atoms with Crippen LogP contribution in [0, 0.1) is 35.3 Å². The maximum absolute atomic E-state index is 14.4. The van der Waals surface area contributed by atoms with Gasteiger partial charge in [0.15, 0.2) is 0 Å². The van der Waals surface area contributed by atoms with E-state index in [1.54, 1.807) is 0 Å². The first-order valence-corrected chi connectivity index (χ1v) is 14.3. The summed E-state index contributed by atoms with van der Waals surface area (Å²) in [6, 6.07) is 13.1. The van der Waals surface area contributed by atoms with Crippen LogP contribution in [0.15, 0.2) is 54.6 Å². The van der Waals surface area contributed by atoms with Crippen molar-refractivity contribution in [1.29, 1.82) is 0 Å². The second kappa shape index (κ2) is 13.3. The van der Waals surface area contributed by atoms with Crippen LogP contribution in [0.5, 0.6) is 5.75 Å². The molecule has 200 valence electrons. The van der Waals surface area contributed by atoms with Gasteiger partial charge in [-0.25, -0.2) is 8.78 Å². The lowest BCUT2D eigenvalue weighted by Crippen LogP contribution is -2.30. The molecule has 37 heavy (non-hydrogen) atoms. The summed E-state index contributed by atoms with van der Waals surface area (Å²) >= 11 is 0. The monoisotopic (exact) mass is 508 g/mol. The lowest BCUT2D eigenvalue weighted by Gasteiger charge is -2.38. The van der Waals surface area contributed by atoms with Gasteiger partial charge < -0.3 is 4.74 Å². The molecule has 0 aliphatic heterocycles. The standard InChI is InChI=1S/C33H42F2O2/c1-3-4-6-11-30-31(34)21-29(22-32(30)35)37-33(36)28-18-16-27(17-19-28)26-14-12-24(13-15-26)20-23(2)25-9-7-5-8-10-25/h3-5,7-10,21-24,26-28H,6,11-20H2,1-2H3/t23-,24?,26?,27?,28?/m0/s1. The Hall–Kier alpha value is -2.49. The highest BCUT2D eigenvalue weighted by Gasteiger charge is 2.34. The number of hydrogen-bond acceptors (Lipinski definition) is 2. The minimum atomic E-state index is -0.648. The molecule has 2 aliphatic rings. The van der Waals surface area contributed by atoms with Crippen molar-refractivity contribution in [2.45, 2.75) is 90.4 Å². The van der Waals surface area contributed by atoms with Crippen molar-refractivity contribution >= 4 is 5.97 Å². The van der Waals surface area contributed by atoms with Crippen LogP contribution in [0.3, 0.4) is 0 Å². The van der Waals surface area contributed by atoms with Gasteiger partial charge in [-0.15, -0.1) is 0 Å². The van der Waals surface area contributed by atoms with Crippen LogP contribution in [0.4, 0.5) is 8.78 Å². The summed E-state index contributed by atoms with van der Waals surface area (Å²) < 4.78 is 34.3. The summed E-state index contributed by atoms with van der Waals surface area (Å²) in [4.78, 5) is 12.8. The second-order valence-corrected chi connectivity index (χ2v) is 11.3. The lowest BCUT2D eigenvalue weighted by atomic mass is 9.68. The maximum Gasteiger partial charge on any atom is 0.314 e. The molecular formula is C33H42F2O2. The molecule has 0 spiro atoms. The quantitative estimate of drug-likeness (QED) is 0.192. The fourth-order valence-corrected chi connectivity index (χ4v) is 6.61. The summed E-state index contributed by atoms with van der Waals surface area (Å²) in [5.41, 5.74) is 1.49. The van der Waals surface area contributed by atoms with Gasteiger partial charge in [-0.1, -0.05) is 62.2 Å². The van der Waals surface area contributed by atoms with Crippen LogP contribution < -0.4 is 4.74 Å². The Morgan fingerprint density at radius 3 is 2.14 bits per heavy atom. The molecule has 2 aliphatic carbocycles. The number of carbonyl (C=O) groups excluding carboxylic acids is 1. The fourth-order valence-electron chi connectivity index (χ4n) is 6.61. The molecule has 0 bridgehead atoms. The SMILES string of the molecule is CC=CCCc1c(F)cc(OC(=O)C2CCC(C3CCC(C[C@H](C)c4ccccc4)CC3)CC2)cc1F. The highest BCUT2D eigenvalue weighted by atomic mass is 19.1. The second-order valence-electron chi connectivity index (χ2n) is 11.3. The smallest absolute Gasteiger partial charge is 0.314 e. The number of carbonyl (C=O) groups is 1. The van der Waals surface area contributed by atoms with E-state index in [1.165, 1.54) is 37.7 Å². The number of benzene rings is 2. The van der Waals surface area contributed by atoms with Crippen molar-refractivity contribution < 1.29 is 18.3 Å². The largest absolute Gasteiger partial charge is 0.426 e. The van der Waals surface area contributed by atoms with E-state index in [4.69, 9.17) is 4.74 Å². The van der Waals surface area contributed by atoms with Gasteiger partial charge in [0.05, 0.1) is 5.92 Å². The third-order valence-electron chi connectivity index (χ3n) is 8.85. The first-order chi connectivity index (χ1) is 17.9. The van der Waals surface area contributed by atoms with Crippen molar-refractivity contribution in [2.24, 2.45) is 23.7 Å². The van der Waals surface area contributed by atoms with E-state index in [0.29, 0.717) is 18.3 Å². The molecule has 0 amide bonds. The van der Waals surface area contributed by atoms with Crippen molar-refractivity contribution in [3.63, 3.8) is 0 Å². The Morgan fingerprint density at radius 1 is 0.946 bits per heavy atom. The Kier molecular flexibility index (Phi) is 9.94. The molecular weight excluding hydrogens is 466 g/mol. The molecule has 2 nitrogen and oxygen atoms in total. The van der Waals surface area contributed by atoms with E-state index in [0.717, 1.165) is 49.7 Å². The van der Waals surface area contributed by atoms with Gasteiger partial charge in [-0.05, 0) is 93.9 Å². The minimum Gasteiger partial charge on any atom is -0.426 e. The molecule has 1 atom stereocenters. The van der Waals surface area contributed by atoms with E-state index >= 15 is 0 Å². The number of halogens is 2. The lowest BCUT2D eigenvalue weighted by molar-refractivity contribution is -0.140. The highest BCUT2D eigenvalue weighted by Crippen LogP contribution is 2.43. The summed E-state index contributed by atoms with van der Waals surface area (Å²) in [5.74, 6) is 1.02. The van der Waals surface area contributed by atoms with E-state index < -0.39 is 11.6 Å². The third kappa shape index (κ3) is 7.52. The fraction of sp³-hybridized carbons (Fsp3) is 0.545. The molecule has 0 aromatic heterocycles. The molecule has 2 aromatic rings. The van der Waals surface area contributed by atoms with Gasteiger partial charge >= 0.3 is 5.97 Å². The van der Waals surface area contributed by atoms with Gasteiger partial charge in [0.1, 0.15) is 17.4 Å². The molecule has 0 saturated heterocycles.